The normalized spacial score (nSPS) is 9.14. The van der Waals surface area contributed by atoms with Gasteiger partial charge in [0.05, 0.1) is 13.2 Å². The van der Waals surface area contributed by atoms with E-state index < -0.39 is 0 Å². The van der Waals surface area contributed by atoms with Crippen molar-refractivity contribution in [2.75, 3.05) is 27.2 Å². The van der Waals surface area contributed by atoms with Crippen LogP contribution in [0.2, 0.25) is 0 Å². The molecule has 0 amide bonds. The summed E-state index contributed by atoms with van der Waals surface area (Å²) >= 11 is 0. The van der Waals surface area contributed by atoms with Crippen molar-refractivity contribution in [1.29, 1.82) is 0 Å². The van der Waals surface area contributed by atoms with E-state index in [0.29, 0.717) is 25.1 Å². The molecule has 3 heteroatoms. The van der Waals surface area contributed by atoms with Crippen LogP contribution in [0.4, 0.5) is 0 Å². The average Bonchev–Trinajstić information content (AvgIpc) is 2.12. The molecule has 0 saturated carbocycles. The third-order valence-electron chi connectivity index (χ3n) is 1.39. The lowest BCUT2D eigenvalue weighted by Crippen LogP contribution is -2.11. The van der Waals surface area contributed by atoms with Crippen LogP contribution in [-0.4, -0.2) is 38.1 Å². The molecule has 0 saturated heterocycles. The van der Waals surface area contributed by atoms with Crippen LogP contribution in [0, 0.1) is 11.8 Å². The molecule has 0 radical (unpaired) electrons. The van der Waals surface area contributed by atoms with Gasteiger partial charge >= 0.3 is 5.97 Å². The fourth-order valence-electron chi connectivity index (χ4n) is 0.689. The highest BCUT2D eigenvalue weighted by atomic mass is 16.5. The van der Waals surface area contributed by atoms with Crippen LogP contribution in [0.25, 0.3) is 0 Å². The molecule has 0 bridgehead atoms. The fourth-order valence-corrected chi connectivity index (χ4v) is 0.689. The van der Waals surface area contributed by atoms with Gasteiger partial charge in [-0.05, 0) is 21.0 Å². The van der Waals surface area contributed by atoms with Crippen molar-refractivity contribution in [2.45, 2.75) is 13.3 Å². The van der Waals surface area contributed by atoms with Crippen LogP contribution in [-0.2, 0) is 9.53 Å². The average molecular weight is 195 g/mol. The highest BCUT2D eigenvalue weighted by Gasteiger charge is 2.04. The Labute approximate surface area is 85.7 Å². The van der Waals surface area contributed by atoms with E-state index >= 15 is 0 Å². The Morgan fingerprint density at radius 1 is 1.43 bits per heavy atom. The summed E-state index contributed by atoms with van der Waals surface area (Å²) in [7, 11) is 3.88. The van der Waals surface area contributed by atoms with E-state index in [4.69, 9.17) is 4.74 Å². The largest absolute Gasteiger partial charge is 0.463 e. The predicted octanol–water partition coefficient (Wildman–Crippen LogP) is 1.06. The molecule has 0 aromatic rings. The highest BCUT2D eigenvalue weighted by molar-refractivity contribution is 5.88. The van der Waals surface area contributed by atoms with Crippen LogP contribution in [0.5, 0.6) is 0 Å². The number of carbonyl (C=O) groups excluding carboxylic acids is 1. The predicted molar refractivity (Wildman–Crippen MR) is 56.7 cm³/mol. The summed E-state index contributed by atoms with van der Waals surface area (Å²) in [4.78, 5) is 13.0. The van der Waals surface area contributed by atoms with Crippen LogP contribution in [0.3, 0.4) is 0 Å². The molecule has 0 aliphatic carbocycles. The number of carbonyl (C=O) groups is 1. The molecule has 0 spiro atoms. The zero-order valence-corrected chi connectivity index (χ0v) is 9.09. The maximum absolute atomic E-state index is 11.1. The Morgan fingerprint density at radius 3 is 2.57 bits per heavy atom. The van der Waals surface area contributed by atoms with Gasteiger partial charge in [-0.15, -0.1) is 0 Å². The van der Waals surface area contributed by atoms with E-state index in [9.17, 15) is 4.79 Å². The van der Waals surface area contributed by atoms with Gasteiger partial charge in [0.15, 0.2) is 0 Å². The highest BCUT2D eigenvalue weighted by Crippen LogP contribution is 1.99. The lowest BCUT2D eigenvalue weighted by Gasteiger charge is -2.02. The molecule has 0 heterocycles. The van der Waals surface area contributed by atoms with Crippen LogP contribution < -0.4 is 0 Å². The van der Waals surface area contributed by atoms with Crippen LogP contribution in [0.15, 0.2) is 12.2 Å². The summed E-state index contributed by atoms with van der Waals surface area (Å²) in [6.45, 7) is 6.43. The summed E-state index contributed by atoms with van der Waals surface area (Å²) in [6, 6.07) is 0. The van der Waals surface area contributed by atoms with E-state index in [0.717, 1.165) is 0 Å². The van der Waals surface area contributed by atoms with Crippen molar-refractivity contribution in [3.8, 4) is 11.8 Å². The van der Waals surface area contributed by atoms with Crippen LogP contribution in [0.1, 0.15) is 13.3 Å². The number of ether oxygens (including phenoxy) is 1. The van der Waals surface area contributed by atoms with Crippen molar-refractivity contribution < 1.29 is 9.53 Å². The fraction of sp³-hybridized carbons (Fsp3) is 0.545. The number of esters is 1. The Bertz CT molecular complexity index is 258. The number of nitrogens with zero attached hydrogens (tertiary/aromatic N) is 1. The molecule has 3 nitrogen and oxygen atoms in total. The Hall–Kier alpha value is -1.27. The minimum absolute atomic E-state index is 0.355. The van der Waals surface area contributed by atoms with Gasteiger partial charge in [0.2, 0.25) is 0 Å². The summed E-state index contributed by atoms with van der Waals surface area (Å²) in [5.74, 6) is 5.43. The van der Waals surface area contributed by atoms with Gasteiger partial charge in [0, 0.05) is 12.0 Å². The molecule has 0 fully saturated rings. The SMILES string of the molecule is C=C(CC#CCN(C)C)C(=O)OCC. The summed E-state index contributed by atoms with van der Waals surface area (Å²) in [6.07, 6.45) is 0.382. The maximum atomic E-state index is 11.1. The molecule has 14 heavy (non-hydrogen) atoms. The number of hydrogen-bond donors (Lipinski definition) is 0. The van der Waals surface area contributed by atoms with Gasteiger partial charge in [0.25, 0.3) is 0 Å². The second-order valence-electron chi connectivity index (χ2n) is 3.09. The molecule has 0 atom stereocenters. The van der Waals surface area contributed by atoms with Crippen LogP contribution >= 0.6 is 0 Å². The van der Waals surface area contributed by atoms with E-state index in [1.807, 2.05) is 19.0 Å². The zero-order valence-electron chi connectivity index (χ0n) is 9.09. The van der Waals surface area contributed by atoms with Crippen molar-refractivity contribution in [3.05, 3.63) is 12.2 Å². The lowest BCUT2D eigenvalue weighted by atomic mass is 10.2. The first-order valence-corrected chi connectivity index (χ1v) is 4.53. The van der Waals surface area contributed by atoms with E-state index in [1.54, 1.807) is 6.92 Å². The van der Waals surface area contributed by atoms with Gasteiger partial charge in [-0.1, -0.05) is 18.4 Å². The molecular formula is C11H17NO2. The minimum atomic E-state index is -0.355. The number of rotatable bonds is 4. The first kappa shape index (κ1) is 12.7. The first-order valence-electron chi connectivity index (χ1n) is 4.53. The van der Waals surface area contributed by atoms with E-state index in [1.165, 1.54) is 0 Å². The zero-order chi connectivity index (χ0) is 11.0. The Kier molecular flexibility index (Phi) is 6.51. The molecule has 0 aromatic heterocycles. The van der Waals surface area contributed by atoms with Crippen molar-refractivity contribution in [2.24, 2.45) is 0 Å². The maximum Gasteiger partial charge on any atom is 0.334 e. The molecular weight excluding hydrogens is 178 g/mol. The molecule has 0 aromatic carbocycles. The van der Waals surface area contributed by atoms with Crippen molar-refractivity contribution in [1.82, 2.24) is 4.90 Å². The molecule has 78 valence electrons. The van der Waals surface area contributed by atoms with Gasteiger partial charge < -0.3 is 4.74 Å². The lowest BCUT2D eigenvalue weighted by molar-refractivity contribution is -0.138. The van der Waals surface area contributed by atoms with Gasteiger partial charge in [-0.3, -0.25) is 4.90 Å². The Morgan fingerprint density at radius 2 is 2.07 bits per heavy atom. The Balaban J connectivity index is 3.82. The molecule has 0 aliphatic heterocycles. The first-order chi connectivity index (χ1) is 6.57. The smallest absolute Gasteiger partial charge is 0.334 e. The van der Waals surface area contributed by atoms with E-state index in [2.05, 4.69) is 18.4 Å². The summed E-state index contributed by atoms with van der Waals surface area (Å²) < 4.78 is 4.77. The molecule has 0 aliphatic rings. The third-order valence-corrected chi connectivity index (χ3v) is 1.39. The standard InChI is InChI=1S/C11H17NO2/c1-5-14-11(13)10(2)8-6-7-9-12(3)4/h2,5,8-9H2,1,3-4H3. The second-order valence-corrected chi connectivity index (χ2v) is 3.09. The second kappa shape index (κ2) is 7.16. The molecule has 0 unspecified atom stereocenters. The summed E-state index contributed by atoms with van der Waals surface area (Å²) in [5, 5.41) is 0. The van der Waals surface area contributed by atoms with Crippen molar-refractivity contribution in [3.63, 3.8) is 0 Å². The molecule has 0 rings (SSSR count). The third kappa shape index (κ3) is 6.27. The van der Waals surface area contributed by atoms with Gasteiger partial charge in [-0.2, -0.15) is 0 Å². The van der Waals surface area contributed by atoms with Crippen molar-refractivity contribution >= 4 is 5.97 Å². The minimum Gasteiger partial charge on any atom is -0.463 e. The van der Waals surface area contributed by atoms with E-state index in [-0.39, 0.29) is 5.97 Å². The monoisotopic (exact) mass is 195 g/mol. The molecule has 0 N–H and O–H groups in total. The topological polar surface area (TPSA) is 29.5 Å². The summed E-state index contributed by atoms with van der Waals surface area (Å²) in [5.41, 5.74) is 0.415. The van der Waals surface area contributed by atoms with Gasteiger partial charge in [0.1, 0.15) is 0 Å². The van der Waals surface area contributed by atoms with Gasteiger partial charge in [-0.25, -0.2) is 4.79 Å². The number of hydrogen-bond acceptors (Lipinski definition) is 3. The quantitative estimate of drug-likeness (QED) is 0.381.